The highest BCUT2D eigenvalue weighted by molar-refractivity contribution is 5.95. The van der Waals surface area contributed by atoms with Crippen molar-refractivity contribution in [3.8, 4) is 5.82 Å². The summed E-state index contributed by atoms with van der Waals surface area (Å²) in [7, 11) is 0. The van der Waals surface area contributed by atoms with Gasteiger partial charge in [0.05, 0.1) is 30.7 Å². The number of nitrogens with zero attached hydrogens (tertiary/aromatic N) is 3. The maximum absolute atomic E-state index is 12.6. The van der Waals surface area contributed by atoms with Crippen molar-refractivity contribution in [2.45, 2.75) is 39.4 Å². The van der Waals surface area contributed by atoms with Crippen LogP contribution in [0.1, 0.15) is 43.2 Å². The number of nitrogens with one attached hydrogen (secondary N) is 1. The molecule has 1 aliphatic rings. The molecule has 7 nitrogen and oxygen atoms in total. The van der Waals surface area contributed by atoms with Gasteiger partial charge in [-0.3, -0.25) is 4.79 Å². The number of hydrogen-bond acceptors (Lipinski definition) is 5. The van der Waals surface area contributed by atoms with E-state index < -0.39 is 5.79 Å². The molecule has 1 unspecified atom stereocenters. The highest BCUT2D eigenvalue weighted by atomic mass is 16.7. The maximum atomic E-state index is 12.6. The molecule has 0 aliphatic carbocycles. The Balaban J connectivity index is 1.64. The summed E-state index contributed by atoms with van der Waals surface area (Å²) in [5, 5.41) is 7.36. The lowest BCUT2D eigenvalue weighted by molar-refractivity contribution is -0.153. The molecule has 0 aromatic carbocycles. The van der Waals surface area contributed by atoms with Gasteiger partial charge in [-0.1, -0.05) is 19.9 Å². The Hall–Kier alpha value is -2.25. The molecule has 3 heterocycles. The summed E-state index contributed by atoms with van der Waals surface area (Å²) in [5.74, 6) is 0.287. The maximum Gasteiger partial charge on any atom is 0.254 e. The van der Waals surface area contributed by atoms with Crippen molar-refractivity contribution in [1.29, 1.82) is 0 Å². The van der Waals surface area contributed by atoms with Crippen LogP contribution >= 0.6 is 0 Å². The molecule has 26 heavy (non-hydrogen) atoms. The van der Waals surface area contributed by atoms with Crippen LogP contribution in [0.3, 0.4) is 0 Å². The van der Waals surface area contributed by atoms with Crippen LogP contribution in [0.4, 0.5) is 0 Å². The van der Waals surface area contributed by atoms with Crippen molar-refractivity contribution >= 4 is 5.91 Å². The first-order chi connectivity index (χ1) is 12.5. The number of rotatable bonds is 7. The molecule has 1 N–H and O–H groups in total. The fraction of sp³-hybridized carbons (Fsp3) is 0.526. The van der Waals surface area contributed by atoms with E-state index in [4.69, 9.17) is 9.47 Å². The second kappa shape index (κ2) is 7.97. The summed E-state index contributed by atoms with van der Waals surface area (Å²) in [6.07, 6.45) is 4.75. The van der Waals surface area contributed by atoms with Crippen LogP contribution in [0.15, 0.2) is 30.6 Å². The number of pyridine rings is 1. The second-order valence-corrected chi connectivity index (χ2v) is 6.81. The molecule has 1 amide bonds. The highest BCUT2D eigenvalue weighted by Crippen LogP contribution is 2.26. The van der Waals surface area contributed by atoms with Gasteiger partial charge >= 0.3 is 0 Å². The SMILES string of the molecule is CCc1c(C(=O)NCC(C)CC2(C)OCCO2)cnn1-c1ccccn1. The lowest BCUT2D eigenvalue weighted by Gasteiger charge is -2.26. The molecule has 0 spiro atoms. The average molecular weight is 358 g/mol. The predicted octanol–water partition coefficient (Wildman–Crippen LogP) is 2.35. The summed E-state index contributed by atoms with van der Waals surface area (Å²) >= 11 is 0. The number of carbonyl (C=O) groups excluding carboxylic acids is 1. The fourth-order valence-electron chi connectivity index (χ4n) is 3.32. The van der Waals surface area contributed by atoms with E-state index in [1.165, 1.54) is 0 Å². The van der Waals surface area contributed by atoms with Crippen LogP contribution in [0.5, 0.6) is 0 Å². The molecule has 2 aromatic heterocycles. The van der Waals surface area contributed by atoms with Gasteiger partial charge in [-0.05, 0) is 31.4 Å². The van der Waals surface area contributed by atoms with Crippen molar-refractivity contribution in [3.05, 3.63) is 41.9 Å². The largest absolute Gasteiger partial charge is 0.352 e. The van der Waals surface area contributed by atoms with Gasteiger partial charge in [-0.15, -0.1) is 0 Å². The number of amides is 1. The summed E-state index contributed by atoms with van der Waals surface area (Å²) < 4.78 is 13.0. The van der Waals surface area contributed by atoms with Gasteiger partial charge in [-0.2, -0.15) is 5.10 Å². The van der Waals surface area contributed by atoms with Crippen LogP contribution in [0.25, 0.3) is 5.82 Å². The Morgan fingerprint density at radius 1 is 1.38 bits per heavy atom. The van der Waals surface area contributed by atoms with E-state index in [1.807, 2.05) is 32.0 Å². The molecular formula is C19H26N4O3. The normalized spacial score (nSPS) is 17.2. The van der Waals surface area contributed by atoms with E-state index in [0.717, 1.165) is 12.1 Å². The van der Waals surface area contributed by atoms with Crippen LogP contribution in [0, 0.1) is 5.92 Å². The van der Waals surface area contributed by atoms with E-state index in [0.29, 0.717) is 37.6 Å². The van der Waals surface area contributed by atoms with Gasteiger partial charge in [0, 0.05) is 19.2 Å². The third-order valence-electron chi connectivity index (χ3n) is 4.54. The first-order valence-electron chi connectivity index (χ1n) is 9.07. The zero-order chi connectivity index (χ0) is 18.6. The topological polar surface area (TPSA) is 78.3 Å². The smallest absolute Gasteiger partial charge is 0.254 e. The van der Waals surface area contributed by atoms with E-state index in [-0.39, 0.29) is 11.8 Å². The van der Waals surface area contributed by atoms with Crippen molar-refractivity contribution in [2.75, 3.05) is 19.8 Å². The molecule has 7 heteroatoms. The molecule has 1 saturated heterocycles. The number of aromatic nitrogens is 3. The Morgan fingerprint density at radius 3 is 2.81 bits per heavy atom. The monoisotopic (exact) mass is 358 g/mol. The summed E-state index contributed by atoms with van der Waals surface area (Å²) in [6.45, 7) is 7.84. The van der Waals surface area contributed by atoms with Gasteiger partial charge in [0.15, 0.2) is 11.6 Å². The average Bonchev–Trinajstić information content (AvgIpc) is 3.26. The molecule has 2 aromatic rings. The van der Waals surface area contributed by atoms with Crippen LogP contribution < -0.4 is 5.32 Å². The van der Waals surface area contributed by atoms with Crippen molar-refractivity contribution in [3.63, 3.8) is 0 Å². The number of hydrogen-bond donors (Lipinski definition) is 1. The summed E-state index contributed by atoms with van der Waals surface area (Å²) in [6, 6.07) is 5.63. The van der Waals surface area contributed by atoms with E-state index in [1.54, 1.807) is 17.1 Å². The highest BCUT2D eigenvalue weighted by Gasteiger charge is 2.32. The standard InChI is InChI=1S/C19H26N4O3/c1-4-16-15(13-22-23(16)17-7-5-6-8-20-17)18(24)21-12-14(2)11-19(3)25-9-10-26-19/h5-8,13-14H,4,9-12H2,1-3H3,(H,21,24). The van der Waals surface area contributed by atoms with Gasteiger partial charge in [0.25, 0.3) is 5.91 Å². The number of ether oxygens (including phenoxy) is 2. The van der Waals surface area contributed by atoms with Gasteiger partial charge < -0.3 is 14.8 Å². The van der Waals surface area contributed by atoms with E-state index in [2.05, 4.69) is 22.3 Å². The third kappa shape index (κ3) is 4.11. The molecule has 140 valence electrons. The zero-order valence-electron chi connectivity index (χ0n) is 15.6. The summed E-state index contributed by atoms with van der Waals surface area (Å²) in [5.41, 5.74) is 1.44. The minimum Gasteiger partial charge on any atom is -0.352 e. The molecule has 3 rings (SSSR count). The van der Waals surface area contributed by atoms with Crippen LogP contribution in [-0.4, -0.2) is 46.2 Å². The molecule has 1 fully saturated rings. The lowest BCUT2D eigenvalue weighted by Crippen LogP contribution is -2.34. The van der Waals surface area contributed by atoms with Crippen molar-refractivity contribution in [1.82, 2.24) is 20.1 Å². The minimum atomic E-state index is -0.539. The van der Waals surface area contributed by atoms with Crippen LogP contribution in [0.2, 0.25) is 0 Å². The minimum absolute atomic E-state index is 0.116. The second-order valence-electron chi connectivity index (χ2n) is 6.81. The first kappa shape index (κ1) is 18.5. The summed E-state index contributed by atoms with van der Waals surface area (Å²) in [4.78, 5) is 17.0. The number of carbonyl (C=O) groups is 1. The molecule has 1 aliphatic heterocycles. The molecule has 0 radical (unpaired) electrons. The zero-order valence-corrected chi connectivity index (χ0v) is 15.6. The first-order valence-corrected chi connectivity index (χ1v) is 9.07. The van der Waals surface area contributed by atoms with Crippen molar-refractivity contribution in [2.24, 2.45) is 5.92 Å². The van der Waals surface area contributed by atoms with Crippen LogP contribution in [-0.2, 0) is 15.9 Å². The van der Waals surface area contributed by atoms with E-state index >= 15 is 0 Å². The molecule has 0 bridgehead atoms. The van der Waals surface area contributed by atoms with E-state index in [9.17, 15) is 4.79 Å². The molecule has 0 saturated carbocycles. The fourth-order valence-corrected chi connectivity index (χ4v) is 3.32. The molecular weight excluding hydrogens is 332 g/mol. The Morgan fingerprint density at radius 2 is 2.15 bits per heavy atom. The Labute approximate surface area is 153 Å². The van der Waals surface area contributed by atoms with Gasteiger partial charge in [0.1, 0.15) is 0 Å². The predicted molar refractivity (Wildman–Crippen MR) is 97.2 cm³/mol. The Bertz CT molecular complexity index is 738. The quantitative estimate of drug-likeness (QED) is 0.822. The molecule has 1 atom stereocenters. The van der Waals surface area contributed by atoms with Gasteiger partial charge in [-0.25, -0.2) is 9.67 Å². The Kier molecular flexibility index (Phi) is 5.68. The van der Waals surface area contributed by atoms with Gasteiger partial charge in [0.2, 0.25) is 0 Å². The van der Waals surface area contributed by atoms with Crippen molar-refractivity contribution < 1.29 is 14.3 Å². The third-order valence-corrected chi connectivity index (χ3v) is 4.54. The lowest BCUT2D eigenvalue weighted by atomic mass is 10.0.